The maximum Gasteiger partial charge on any atom is 0.248 e. The van der Waals surface area contributed by atoms with Crippen LogP contribution in [0, 0.1) is 11.6 Å². The highest BCUT2D eigenvalue weighted by atomic mass is 19.2. The summed E-state index contributed by atoms with van der Waals surface area (Å²) in [6.45, 7) is 1.52. The number of halogens is 2. The number of nitrogens with zero attached hydrogens (tertiary/aromatic N) is 1. The van der Waals surface area contributed by atoms with Gasteiger partial charge in [-0.1, -0.05) is 66.7 Å². The van der Waals surface area contributed by atoms with Gasteiger partial charge in [0.05, 0.1) is 6.61 Å². The Morgan fingerprint density at radius 2 is 1.60 bits per heavy atom. The topological polar surface area (TPSA) is 61.8 Å². The van der Waals surface area contributed by atoms with Crippen LogP contribution in [0.5, 0.6) is 0 Å². The van der Waals surface area contributed by atoms with E-state index in [0.717, 1.165) is 23.3 Å². The zero-order valence-corrected chi connectivity index (χ0v) is 19.5. The molecule has 0 aromatic heterocycles. The second kappa shape index (κ2) is 11.5. The molecule has 1 fully saturated rings. The summed E-state index contributed by atoms with van der Waals surface area (Å²) < 4.78 is 32.5. The summed E-state index contributed by atoms with van der Waals surface area (Å²) >= 11 is 0. The Morgan fingerprint density at radius 3 is 2.26 bits per heavy atom. The van der Waals surface area contributed by atoms with Crippen molar-refractivity contribution in [2.24, 2.45) is 0 Å². The van der Waals surface area contributed by atoms with Gasteiger partial charge in [-0.2, -0.15) is 0 Å². The SMILES string of the molecule is O=C(COCc1ccccc1)N1CCC(c2ccccc2)(C(O)NCc2ccc(F)c(F)c2)CC1. The van der Waals surface area contributed by atoms with Crippen molar-refractivity contribution in [3.63, 3.8) is 0 Å². The molecule has 0 bridgehead atoms. The number of ether oxygens (including phenoxy) is 1. The summed E-state index contributed by atoms with van der Waals surface area (Å²) in [6.07, 6.45) is 0.158. The molecule has 184 valence electrons. The summed E-state index contributed by atoms with van der Waals surface area (Å²) in [6, 6.07) is 23.1. The molecule has 1 aliphatic heterocycles. The van der Waals surface area contributed by atoms with Gasteiger partial charge in [0.25, 0.3) is 0 Å². The molecule has 1 unspecified atom stereocenters. The summed E-state index contributed by atoms with van der Waals surface area (Å²) in [5.41, 5.74) is 1.89. The zero-order valence-electron chi connectivity index (χ0n) is 19.5. The number of nitrogens with one attached hydrogen (secondary N) is 1. The van der Waals surface area contributed by atoms with Crippen molar-refractivity contribution in [3.8, 4) is 0 Å². The first-order valence-electron chi connectivity index (χ1n) is 11.8. The van der Waals surface area contributed by atoms with Crippen LogP contribution in [0.3, 0.4) is 0 Å². The number of piperidine rings is 1. The Bertz CT molecular complexity index is 1100. The number of benzene rings is 3. The molecule has 0 radical (unpaired) electrons. The first kappa shape index (κ1) is 25.0. The highest BCUT2D eigenvalue weighted by Gasteiger charge is 2.43. The van der Waals surface area contributed by atoms with E-state index in [1.807, 2.05) is 60.7 Å². The normalized spacial score (nSPS) is 16.1. The summed E-state index contributed by atoms with van der Waals surface area (Å²) in [7, 11) is 0. The van der Waals surface area contributed by atoms with E-state index in [4.69, 9.17) is 4.74 Å². The largest absolute Gasteiger partial charge is 0.378 e. The smallest absolute Gasteiger partial charge is 0.248 e. The molecule has 1 aliphatic rings. The van der Waals surface area contributed by atoms with Gasteiger partial charge in [0.1, 0.15) is 12.8 Å². The molecule has 3 aromatic rings. The van der Waals surface area contributed by atoms with Gasteiger partial charge < -0.3 is 14.7 Å². The van der Waals surface area contributed by atoms with Crippen molar-refractivity contribution in [1.82, 2.24) is 10.2 Å². The predicted octanol–water partition coefficient (Wildman–Crippen LogP) is 4.15. The quantitative estimate of drug-likeness (QED) is 0.452. The number of rotatable bonds is 9. The average Bonchev–Trinajstić information content (AvgIpc) is 2.90. The van der Waals surface area contributed by atoms with Crippen LogP contribution >= 0.6 is 0 Å². The van der Waals surface area contributed by atoms with Crippen molar-refractivity contribution in [3.05, 3.63) is 107 Å². The molecular weight excluding hydrogens is 450 g/mol. The Labute approximate surface area is 204 Å². The van der Waals surface area contributed by atoms with Crippen LogP contribution in [0.2, 0.25) is 0 Å². The maximum atomic E-state index is 13.6. The lowest BCUT2D eigenvalue weighted by Gasteiger charge is -2.45. The van der Waals surface area contributed by atoms with Crippen molar-refractivity contribution in [2.45, 2.75) is 37.6 Å². The minimum Gasteiger partial charge on any atom is -0.378 e. The minimum absolute atomic E-state index is 0.00413. The van der Waals surface area contributed by atoms with Gasteiger partial charge in [-0.15, -0.1) is 0 Å². The van der Waals surface area contributed by atoms with Gasteiger partial charge in [0, 0.05) is 25.0 Å². The monoisotopic (exact) mass is 480 g/mol. The fraction of sp³-hybridized carbons (Fsp3) is 0.321. The molecule has 5 nitrogen and oxygen atoms in total. The van der Waals surface area contributed by atoms with Crippen LogP contribution in [0.25, 0.3) is 0 Å². The third kappa shape index (κ3) is 6.11. The molecule has 0 aliphatic carbocycles. The van der Waals surface area contributed by atoms with Crippen LogP contribution in [0.4, 0.5) is 8.78 Å². The summed E-state index contributed by atoms with van der Waals surface area (Å²) in [5, 5.41) is 14.3. The number of aliphatic hydroxyl groups is 1. The predicted molar refractivity (Wildman–Crippen MR) is 129 cm³/mol. The molecule has 35 heavy (non-hydrogen) atoms. The lowest BCUT2D eigenvalue weighted by Crippen LogP contribution is -2.55. The molecule has 1 heterocycles. The van der Waals surface area contributed by atoms with Crippen molar-refractivity contribution in [2.75, 3.05) is 19.7 Å². The van der Waals surface area contributed by atoms with E-state index in [-0.39, 0.29) is 19.1 Å². The van der Waals surface area contributed by atoms with Crippen molar-refractivity contribution >= 4 is 5.91 Å². The van der Waals surface area contributed by atoms with Crippen molar-refractivity contribution in [1.29, 1.82) is 0 Å². The van der Waals surface area contributed by atoms with Gasteiger partial charge in [-0.25, -0.2) is 8.78 Å². The Morgan fingerprint density at radius 1 is 0.943 bits per heavy atom. The molecule has 2 N–H and O–H groups in total. The van der Waals surface area contributed by atoms with E-state index in [1.54, 1.807) is 4.90 Å². The maximum absolute atomic E-state index is 13.6. The average molecular weight is 481 g/mol. The third-order valence-corrected chi connectivity index (χ3v) is 6.70. The summed E-state index contributed by atoms with van der Waals surface area (Å²) in [4.78, 5) is 14.5. The second-order valence-corrected chi connectivity index (χ2v) is 8.91. The number of amides is 1. The van der Waals surface area contributed by atoms with E-state index in [0.29, 0.717) is 38.1 Å². The highest BCUT2D eigenvalue weighted by molar-refractivity contribution is 5.77. The van der Waals surface area contributed by atoms with Gasteiger partial charge in [0.2, 0.25) is 5.91 Å². The standard InChI is InChI=1S/C28H30F2N2O3/c29-24-12-11-22(17-25(24)30)18-31-27(34)28(23-9-5-2-6-10-23)13-15-32(16-14-28)26(33)20-35-19-21-7-3-1-4-8-21/h1-12,17,27,31,34H,13-16,18-20H2. The second-order valence-electron chi connectivity index (χ2n) is 8.91. The molecule has 4 rings (SSSR count). The third-order valence-electron chi connectivity index (χ3n) is 6.70. The van der Waals surface area contributed by atoms with Crippen LogP contribution in [-0.2, 0) is 28.1 Å². The van der Waals surface area contributed by atoms with Crippen LogP contribution in [-0.4, -0.2) is 41.8 Å². The molecule has 3 aromatic carbocycles. The molecular formula is C28H30F2N2O3. The van der Waals surface area contributed by atoms with Crippen LogP contribution in [0.15, 0.2) is 78.9 Å². The number of likely N-dealkylation sites (tertiary alicyclic amines) is 1. The first-order chi connectivity index (χ1) is 17.0. The molecule has 1 saturated heterocycles. The van der Waals surface area contributed by atoms with E-state index < -0.39 is 23.3 Å². The fourth-order valence-corrected chi connectivity index (χ4v) is 4.63. The molecule has 1 atom stereocenters. The number of hydrogen-bond donors (Lipinski definition) is 2. The molecule has 7 heteroatoms. The molecule has 0 spiro atoms. The Kier molecular flexibility index (Phi) is 8.23. The van der Waals surface area contributed by atoms with E-state index in [2.05, 4.69) is 5.32 Å². The number of carbonyl (C=O) groups is 1. The summed E-state index contributed by atoms with van der Waals surface area (Å²) in [5.74, 6) is -1.90. The number of aliphatic hydroxyl groups excluding tert-OH is 1. The van der Waals surface area contributed by atoms with E-state index in [9.17, 15) is 18.7 Å². The van der Waals surface area contributed by atoms with Gasteiger partial charge >= 0.3 is 0 Å². The fourth-order valence-electron chi connectivity index (χ4n) is 4.63. The zero-order chi connectivity index (χ0) is 24.7. The molecule has 1 amide bonds. The van der Waals surface area contributed by atoms with Crippen LogP contribution < -0.4 is 5.32 Å². The van der Waals surface area contributed by atoms with E-state index in [1.165, 1.54) is 6.07 Å². The van der Waals surface area contributed by atoms with E-state index >= 15 is 0 Å². The van der Waals surface area contributed by atoms with Crippen LogP contribution in [0.1, 0.15) is 29.5 Å². The first-order valence-corrected chi connectivity index (χ1v) is 11.8. The van der Waals surface area contributed by atoms with Crippen molar-refractivity contribution < 1.29 is 23.4 Å². The lowest BCUT2D eigenvalue weighted by molar-refractivity contribution is -0.139. The highest BCUT2D eigenvalue weighted by Crippen LogP contribution is 2.38. The number of carbonyl (C=O) groups excluding carboxylic acids is 1. The Hall–Kier alpha value is -3.13. The van der Waals surface area contributed by atoms with Gasteiger partial charge in [0.15, 0.2) is 11.6 Å². The van der Waals surface area contributed by atoms with Gasteiger partial charge in [-0.3, -0.25) is 10.1 Å². The number of hydrogen-bond acceptors (Lipinski definition) is 4. The Balaban J connectivity index is 1.38. The van der Waals surface area contributed by atoms with Gasteiger partial charge in [-0.05, 0) is 41.7 Å². The lowest BCUT2D eigenvalue weighted by atomic mass is 9.71. The minimum atomic E-state index is -0.940. The molecule has 0 saturated carbocycles.